The van der Waals surface area contributed by atoms with E-state index in [0.717, 1.165) is 5.56 Å². The Morgan fingerprint density at radius 1 is 1.06 bits per heavy atom. The minimum atomic E-state index is -0.301. The molecule has 3 aromatic rings. The number of carbonyl (C=O) groups is 2. The van der Waals surface area contributed by atoms with E-state index in [1.54, 1.807) is 24.3 Å². The average Bonchev–Trinajstić information content (AvgIpc) is 3.25. The molecular formula is C25H28N2O4. The number of hydrogen-bond donors (Lipinski definition) is 1. The van der Waals surface area contributed by atoms with E-state index >= 15 is 0 Å². The maximum absolute atomic E-state index is 12.9. The highest BCUT2D eigenvalue weighted by molar-refractivity contribution is 5.94. The Hall–Kier alpha value is -3.54. The molecule has 0 aliphatic heterocycles. The van der Waals surface area contributed by atoms with Crippen LogP contribution in [-0.4, -0.2) is 29.9 Å². The molecule has 1 N–H and O–H groups in total. The van der Waals surface area contributed by atoms with E-state index in [9.17, 15) is 9.59 Å². The van der Waals surface area contributed by atoms with Crippen molar-refractivity contribution >= 4 is 17.5 Å². The van der Waals surface area contributed by atoms with Gasteiger partial charge in [0.15, 0.2) is 6.61 Å². The Morgan fingerprint density at radius 3 is 2.48 bits per heavy atom. The third-order valence-electron chi connectivity index (χ3n) is 4.90. The lowest BCUT2D eigenvalue weighted by Gasteiger charge is -2.21. The first-order chi connectivity index (χ1) is 14.9. The van der Waals surface area contributed by atoms with Gasteiger partial charge in [-0.2, -0.15) is 0 Å². The number of para-hydroxylation sites is 1. The van der Waals surface area contributed by atoms with E-state index in [4.69, 9.17) is 9.15 Å². The van der Waals surface area contributed by atoms with Gasteiger partial charge in [-0.05, 0) is 60.4 Å². The second-order valence-corrected chi connectivity index (χ2v) is 7.71. The topological polar surface area (TPSA) is 71.8 Å². The summed E-state index contributed by atoms with van der Waals surface area (Å²) < 4.78 is 11.1. The smallest absolute Gasteiger partial charge is 0.261 e. The molecule has 1 aromatic heterocycles. The summed E-state index contributed by atoms with van der Waals surface area (Å²) in [6.45, 7) is 6.21. The van der Waals surface area contributed by atoms with Crippen LogP contribution in [0.25, 0.3) is 0 Å². The van der Waals surface area contributed by atoms with Crippen molar-refractivity contribution in [1.82, 2.24) is 4.90 Å². The first-order valence-corrected chi connectivity index (χ1v) is 10.3. The van der Waals surface area contributed by atoms with Crippen molar-refractivity contribution < 1.29 is 18.7 Å². The van der Waals surface area contributed by atoms with Crippen LogP contribution >= 0.6 is 0 Å². The highest BCUT2D eigenvalue weighted by atomic mass is 16.5. The molecule has 0 radical (unpaired) electrons. The number of rotatable bonds is 9. The van der Waals surface area contributed by atoms with Gasteiger partial charge in [-0.1, -0.05) is 38.1 Å². The minimum Gasteiger partial charge on any atom is -0.484 e. The number of nitrogens with zero attached hydrogens (tertiary/aromatic N) is 1. The van der Waals surface area contributed by atoms with Crippen LogP contribution in [0.2, 0.25) is 0 Å². The molecule has 0 aliphatic carbocycles. The molecule has 6 heteroatoms. The average molecular weight is 421 g/mol. The van der Waals surface area contributed by atoms with Gasteiger partial charge in [0.1, 0.15) is 18.1 Å². The highest BCUT2D eigenvalue weighted by Gasteiger charge is 2.20. The molecule has 31 heavy (non-hydrogen) atoms. The van der Waals surface area contributed by atoms with Gasteiger partial charge < -0.3 is 19.4 Å². The van der Waals surface area contributed by atoms with Crippen LogP contribution < -0.4 is 10.1 Å². The number of nitrogens with one attached hydrogen (secondary N) is 1. The van der Waals surface area contributed by atoms with E-state index in [1.807, 2.05) is 43.3 Å². The summed E-state index contributed by atoms with van der Waals surface area (Å²) in [6.07, 6.45) is 1.54. The number of ether oxygens (including phenoxy) is 1. The molecule has 0 saturated heterocycles. The second kappa shape index (κ2) is 10.5. The monoisotopic (exact) mass is 420 g/mol. The number of anilines is 1. The molecule has 0 fully saturated rings. The van der Waals surface area contributed by atoms with Crippen LogP contribution in [-0.2, 0) is 16.1 Å². The van der Waals surface area contributed by atoms with Gasteiger partial charge in [0.05, 0.1) is 12.8 Å². The molecule has 6 nitrogen and oxygen atoms in total. The molecule has 162 valence electrons. The van der Waals surface area contributed by atoms with Crippen LogP contribution in [0.3, 0.4) is 0 Å². The zero-order valence-electron chi connectivity index (χ0n) is 18.1. The molecule has 0 aliphatic rings. The lowest BCUT2D eigenvalue weighted by Crippen LogP contribution is -2.40. The number of hydrogen-bond acceptors (Lipinski definition) is 4. The molecule has 0 saturated carbocycles. The summed E-state index contributed by atoms with van der Waals surface area (Å²) >= 11 is 0. The second-order valence-electron chi connectivity index (χ2n) is 7.71. The molecule has 3 rings (SSSR count). The third-order valence-corrected chi connectivity index (χ3v) is 4.90. The number of amides is 2. The molecule has 0 atom stereocenters. The number of furan rings is 1. The van der Waals surface area contributed by atoms with Gasteiger partial charge in [0.25, 0.3) is 5.91 Å². The van der Waals surface area contributed by atoms with Crippen LogP contribution in [0, 0.1) is 6.92 Å². The Balaban J connectivity index is 1.64. The van der Waals surface area contributed by atoms with Gasteiger partial charge in [-0.15, -0.1) is 0 Å². The maximum atomic E-state index is 12.9. The summed E-state index contributed by atoms with van der Waals surface area (Å²) in [5, 5.41) is 2.80. The Morgan fingerprint density at radius 2 is 1.84 bits per heavy atom. The molecular weight excluding hydrogens is 392 g/mol. The minimum absolute atomic E-state index is 0.108. The first-order valence-electron chi connectivity index (χ1n) is 10.3. The van der Waals surface area contributed by atoms with E-state index in [0.29, 0.717) is 23.1 Å². The van der Waals surface area contributed by atoms with E-state index < -0.39 is 0 Å². The predicted octanol–water partition coefficient (Wildman–Crippen LogP) is 4.76. The van der Waals surface area contributed by atoms with Crippen molar-refractivity contribution in [3.8, 4) is 5.75 Å². The normalized spacial score (nSPS) is 10.7. The number of aryl methyl sites for hydroxylation is 1. The maximum Gasteiger partial charge on any atom is 0.261 e. The summed E-state index contributed by atoms with van der Waals surface area (Å²) in [5.74, 6) is 1.05. The third kappa shape index (κ3) is 6.47. The van der Waals surface area contributed by atoms with Gasteiger partial charge in [-0.25, -0.2) is 0 Å². The molecule has 0 bridgehead atoms. The molecule has 2 amide bonds. The highest BCUT2D eigenvalue weighted by Crippen LogP contribution is 2.23. The van der Waals surface area contributed by atoms with E-state index in [1.165, 1.54) is 16.7 Å². The van der Waals surface area contributed by atoms with Gasteiger partial charge in [-0.3, -0.25) is 9.59 Å². The number of benzene rings is 2. The molecule has 1 heterocycles. The fourth-order valence-electron chi connectivity index (χ4n) is 3.34. The Kier molecular flexibility index (Phi) is 7.49. The quantitative estimate of drug-likeness (QED) is 0.542. The van der Waals surface area contributed by atoms with E-state index in [-0.39, 0.29) is 31.5 Å². The van der Waals surface area contributed by atoms with Crippen LogP contribution in [0.15, 0.2) is 71.3 Å². The molecule has 0 unspecified atom stereocenters. The fourth-order valence-corrected chi connectivity index (χ4v) is 3.34. The lowest BCUT2D eigenvalue weighted by atomic mass is 9.98. The van der Waals surface area contributed by atoms with Crippen molar-refractivity contribution in [3.05, 3.63) is 83.8 Å². The standard InChI is InChI=1S/C25H28N2O4/c1-18(2)23-12-11-21(14-19(23)3)31-17-25(29)27(15-22-10-7-13-30-22)16-24(28)26-20-8-5-4-6-9-20/h4-14,18H,15-17H2,1-3H3,(H,26,28). The summed E-state index contributed by atoms with van der Waals surface area (Å²) in [7, 11) is 0. The van der Waals surface area contributed by atoms with Crippen LogP contribution in [0.4, 0.5) is 5.69 Å². The number of carbonyl (C=O) groups excluding carboxylic acids is 2. The van der Waals surface area contributed by atoms with Crippen molar-refractivity contribution in [2.24, 2.45) is 0 Å². The summed E-state index contributed by atoms with van der Waals surface area (Å²) in [4.78, 5) is 26.8. The molecule has 0 spiro atoms. The largest absolute Gasteiger partial charge is 0.484 e. The zero-order chi connectivity index (χ0) is 22.2. The van der Waals surface area contributed by atoms with Crippen LogP contribution in [0.1, 0.15) is 36.7 Å². The van der Waals surface area contributed by atoms with Gasteiger partial charge >= 0.3 is 0 Å². The van der Waals surface area contributed by atoms with Crippen molar-refractivity contribution in [1.29, 1.82) is 0 Å². The predicted molar refractivity (Wildman–Crippen MR) is 120 cm³/mol. The summed E-state index contributed by atoms with van der Waals surface area (Å²) in [5.41, 5.74) is 3.04. The van der Waals surface area contributed by atoms with Crippen molar-refractivity contribution in [2.45, 2.75) is 33.2 Å². The lowest BCUT2D eigenvalue weighted by molar-refractivity contribution is -0.137. The van der Waals surface area contributed by atoms with E-state index in [2.05, 4.69) is 19.2 Å². The first kappa shape index (κ1) is 22.2. The Labute approximate surface area is 182 Å². The SMILES string of the molecule is Cc1cc(OCC(=O)N(CC(=O)Nc2ccccc2)Cc2ccco2)ccc1C(C)C. The van der Waals surface area contributed by atoms with Crippen molar-refractivity contribution in [2.75, 3.05) is 18.5 Å². The zero-order valence-corrected chi connectivity index (χ0v) is 18.1. The van der Waals surface area contributed by atoms with Gasteiger partial charge in [0, 0.05) is 5.69 Å². The molecule has 2 aromatic carbocycles. The summed E-state index contributed by atoms with van der Waals surface area (Å²) in [6, 6.07) is 18.5. The fraction of sp³-hybridized carbons (Fsp3) is 0.280. The van der Waals surface area contributed by atoms with Gasteiger partial charge in [0.2, 0.25) is 5.91 Å². The Bertz CT molecular complexity index is 998. The van der Waals surface area contributed by atoms with Crippen molar-refractivity contribution in [3.63, 3.8) is 0 Å². The van der Waals surface area contributed by atoms with Crippen LogP contribution in [0.5, 0.6) is 5.75 Å².